The maximum atomic E-state index is 13.4. The van der Waals surface area contributed by atoms with Crippen LogP contribution in [0.2, 0.25) is 0 Å². The molecule has 1 aromatic heterocycles. The van der Waals surface area contributed by atoms with Crippen molar-refractivity contribution < 1.29 is 4.39 Å². The molecule has 1 N–H and O–H groups in total. The Morgan fingerprint density at radius 1 is 1.10 bits per heavy atom. The number of benzene rings is 1. The van der Waals surface area contributed by atoms with Crippen LogP contribution in [0.15, 0.2) is 16.6 Å². The summed E-state index contributed by atoms with van der Waals surface area (Å²) in [5.74, 6) is 0.717. The fourth-order valence-electron chi connectivity index (χ4n) is 2.43. The van der Waals surface area contributed by atoms with E-state index >= 15 is 0 Å². The number of aromatic nitrogens is 2. The number of imidazole rings is 1. The van der Waals surface area contributed by atoms with Crippen LogP contribution in [0, 0.1) is 5.82 Å². The molecule has 0 saturated carbocycles. The molecule has 0 saturated heterocycles. The summed E-state index contributed by atoms with van der Waals surface area (Å²) in [6.45, 7) is 2.24. The Hall–Kier alpha value is -0.900. The molecule has 20 heavy (non-hydrogen) atoms. The van der Waals surface area contributed by atoms with Crippen molar-refractivity contribution in [1.82, 2.24) is 9.97 Å². The highest BCUT2D eigenvalue weighted by Gasteiger charge is 2.07. The summed E-state index contributed by atoms with van der Waals surface area (Å²) in [5.41, 5.74) is 1.61. The summed E-state index contributed by atoms with van der Waals surface area (Å²) in [7, 11) is 0. The number of fused-ring (bicyclic) bond motifs is 1. The predicted octanol–water partition coefficient (Wildman–Crippen LogP) is 5.76. The second-order valence-electron chi connectivity index (χ2n) is 5.34. The van der Waals surface area contributed by atoms with Gasteiger partial charge in [0.05, 0.1) is 15.5 Å². The topological polar surface area (TPSA) is 28.7 Å². The van der Waals surface area contributed by atoms with E-state index < -0.39 is 0 Å². The highest BCUT2D eigenvalue weighted by Crippen LogP contribution is 2.22. The number of hydrogen-bond acceptors (Lipinski definition) is 1. The van der Waals surface area contributed by atoms with Crippen molar-refractivity contribution in [1.29, 1.82) is 0 Å². The molecule has 0 aliphatic carbocycles. The third-order valence-electron chi connectivity index (χ3n) is 3.59. The standard InChI is InChI=1S/C16H22BrFN2/c1-2-3-4-5-6-7-8-9-16-19-14-10-12(17)13(18)11-15(14)20-16/h10-11H,2-9H2,1H3,(H,19,20). The number of nitrogens with one attached hydrogen (secondary N) is 1. The zero-order valence-corrected chi connectivity index (χ0v) is 13.6. The first-order valence-corrected chi connectivity index (χ1v) is 8.33. The Bertz CT molecular complexity index is 512. The van der Waals surface area contributed by atoms with Gasteiger partial charge in [-0.1, -0.05) is 45.4 Å². The molecule has 0 radical (unpaired) electrons. The first kappa shape index (κ1) is 15.5. The molecule has 0 aliphatic rings. The lowest BCUT2D eigenvalue weighted by molar-refractivity contribution is 0.585. The van der Waals surface area contributed by atoms with Gasteiger partial charge in [-0.3, -0.25) is 0 Å². The lowest BCUT2D eigenvalue weighted by Crippen LogP contribution is -1.88. The summed E-state index contributed by atoms with van der Waals surface area (Å²) in [5, 5.41) is 0. The fraction of sp³-hybridized carbons (Fsp3) is 0.562. The van der Waals surface area contributed by atoms with E-state index in [1.807, 2.05) is 0 Å². The Kier molecular flexibility index (Phi) is 6.02. The Morgan fingerprint density at radius 2 is 1.80 bits per heavy atom. The first-order chi connectivity index (χ1) is 9.70. The van der Waals surface area contributed by atoms with Crippen LogP contribution in [-0.2, 0) is 6.42 Å². The molecule has 0 fully saturated rings. The number of nitrogens with zero attached hydrogens (tertiary/aromatic N) is 1. The van der Waals surface area contributed by atoms with Crippen LogP contribution in [0.1, 0.15) is 57.7 Å². The van der Waals surface area contributed by atoms with Gasteiger partial charge in [-0.25, -0.2) is 9.37 Å². The molecule has 2 aromatic rings. The molecule has 4 heteroatoms. The number of halogens is 2. The third kappa shape index (κ3) is 4.30. The first-order valence-electron chi connectivity index (χ1n) is 7.54. The van der Waals surface area contributed by atoms with Crippen molar-refractivity contribution in [3.63, 3.8) is 0 Å². The number of H-pyrrole nitrogens is 1. The van der Waals surface area contributed by atoms with Crippen LogP contribution in [0.5, 0.6) is 0 Å². The molecule has 0 aliphatic heterocycles. The summed E-state index contributed by atoms with van der Waals surface area (Å²) in [6.07, 6.45) is 9.99. The smallest absolute Gasteiger partial charge is 0.139 e. The average Bonchev–Trinajstić information content (AvgIpc) is 2.80. The van der Waals surface area contributed by atoms with E-state index in [9.17, 15) is 4.39 Å². The van der Waals surface area contributed by atoms with Gasteiger partial charge in [-0.2, -0.15) is 0 Å². The van der Waals surface area contributed by atoms with E-state index in [1.54, 1.807) is 6.07 Å². The molecule has 1 aromatic carbocycles. The zero-order chi connectivity index (χ0) is 14.4. The molecular formula is C16H22BrFN2. The largest absolute Gasteiger partial charge is 0.342 e. The Balaban J connectivity index is 1.79. The molecule has 2 rings (SSSR count). The average molecular weight is 341 g/mol. The number of aromatic amines is 1. The Labute approximate surface area is 128 Å². The van der Waals surface area contributed by atoms with E-state index in [4.69, 9.17) is 0 Å². The van der Waals surface area contributed by atoms with Gasteiger partial charge in [0.1, 0.15) is 11.6 Å². The van der Waals surface area contributed by atoms with Gasteiger partial charge in [0.2, 0.25) is 0 Å². The molecule has 0 spiro atoms. The minimum atomic E-state index is -0.247. The van der Waals surface area contributed by atoms with Gasteiger partial charge in [0.25, 0.3) is 0 Å². The normalized spacial score (nSPS) is 11.3. The highest BCUT2D eigenvalue weighted by atomic mass is 79.9. The fourth-order valence-corrected chi connectivity index (χ4v) is 2.76. The van der Waals surface area contributed by atoms with Gasteiger partial charge < -0.3 is 4.98 Å². The molecule has 0 bridgehead atoms. The van der Waals surface area contributed by atoms with Crippen LogP contribution in [0.25, 0.3) is 11.0 Å². The molecule has 0 unspecified atom stereocenters. The van der Waals surface area contributed by atoms with E-state index in [0.29, 0.717) is 4.47 Å². The van der Waals surface area contributed by atoms with E-state index in [0.717, 1.165) is 29.7 Å². The van der Waals surface area contributed by atoms with Crippen molar-refractivity contribution in [2.45, 2.75) is 58.3 Å². The lowest BCUT2D eigenvalue weighted by Gasteiger charge is -1.99. The van der Waals surface area contributed by atoms with Crippen molar-refractivity contribution in [2.75, 3.05) is 0 Å². The maximum Gasteiger partial charge on any atom is 0.139 e. The minimum absolute atomic E-state index is 0.247. The predicted molar refractivity (Wildman–Crippen MR) is 85.4 cm³/mol. The summed E-state index contributed by atoms with van der Waals surface area (Å²) >= 11 is 3.19. The van der Waals surface area contributed by atoms with Gasteiger partial charge in [0, 0.05) is 12.5 Å². The van der Waals surface area contributed by atoms with Crippen molar-refractivity contribution in [3.8, 4) is 0 Å². The summed E-state index contributed by atoms with van der Waals surface area (Å²) in [6, 6.07) is 3.23. The van der Waals surface area contributed by atoms with Crippen LogP contribution < -0.4 is 0 Å². The van der Waals surface area contributed by atoms with Gasteiger partial charge >= 0.3 is 0 Å². The molecule has 2 nitrogen and oxygen atoms in total. The second-order valence-corrected chi connectivity index (χ2v) is 6.19. The Morgan fingerprint density at radius 3 is 2.55 bits per heavy atom. The van der Waals surface area contributed by atoms with Crippen LogP contribution in [-0.4, -0.2) is 9.97 Å². The van der Waals surface area contributed by atoms with Crippen molar-refractivity contribution >= 4 is 27.0 Å². The van der Waals surface area contributed by atoms with Gasteiger partial charge in [-0.05, 0) is 28.4 Å². The van der Waals surface area contributed by atoms with E-state index in [-0.39, 0.29) is 5.82 Å². The number of unbranched alkanes of at least 4 members (excludes halogenated alkanes) is 6. The monoisotopic (exact) mass is 340 g/mol. The van der Waals surface area contributed by atoms with Crippen molar-refractivity contribution in [3.05, 3.63) is 28.2 Å². The highest BCUT2D eigenvalue weighted by molar-refractivity contribution is 9.10. The molecule has 1 heterocycles. The minimum Gasteiger partial charge on any atom is -0.342 e. The van der Waals surface area contributed by atoms with Crippen LogP contribution >= 0.6 is 15.9 Å². The summed E-state index contributed by atoms with van der Waals surface area (Å²) < 4.78 is 13.9. The third-order valence-corrected chi connectivity index (χ3v) is 4.20. The van der Waals surface area contributed by atoms with Crippen LogP contribution in [0.4, 0.5) is 4.39 Å². The number of hydrogen-bond donors (Lipinski definition) is 1. The van der Waals surface area contributed by atoms with Gasteiger partial charge in [-0.15, -0.1) is 0 Å². The second kappa shape index (κ2) is 7.77. The molecule has 110 valence electrons. The zero-order valence-electron chi connectivity index (χ0n) is 12.0. The van der Waals surface area contributed by atoms with Gasteiger partial charge in [0.15, 0.2) is 0 Å². The number of aryl methyl sites for hydroxylation is 1. The summed E-state index contributed by atoms with van der Waals surface area (Å²) in [4.78, 5) is 7.71. The number of rotatable bonds is 8. The molecule has 0 amide bonds. The van der Waals surface area contributed by atoms with E-state index in [2.05, 4.69) is 32.8 Å². The molecule has 0 atom stereocenters. The maximum absolute atomic E-state index is 13.4. The van der Waals surface area contributed by atoms with E-state index in [1.165, 1.54) is 44.6 Å². The molecular weight excluding hydrogens is 319 g/mol. The quantitative estimate of drug-likeness (QED) is 0.608. The van der Waals surface area contributed by atoms with Crippen LogP contribution in [0.3, 0.4) is 0 Å². The lowest BCUT2D eigenvalue weighted by atomic mass is 10.1. The van der Waals surface area contributed by atoms with Crippen molar-refractivity contribution in [2.24, 2.45) is 0 Å². The SMILES string of the molecule is CCCCCCCCCc1nc2cc(Br)c(F)cc2[nH]1.